The Hall–Kier alpha value is -2.31. The molecule has 178 valence electrons. The van der Waals surface area contributed by atoms with Gasteiger partial charge >= 0.3 is 5.97 Å². The fourth-order valence-electron chi connectivity index (χ4n) is 4.45. The van der Waals surface area contributed by atoms with Crippen LogP contribution in [0.2, 0.25) is 0 Å². The van der Waals surface area contributed by atoms with Crippen LogP contribution in [0.1, 0.15) is 47.8 Å². The molecule has 0 bridgehead atoms. The maximum absolute atomic E-state index is 13.2. The van der Waals surface area contributed by atoms with E-state index < -0.39 is 5.60 Å². The molecule has 0 radical (unpaired) electrons. The number of hydrogen-bond acceptors (Lipinski definition) is 6. The lowest BCUT2D eigenvalue weighted by molar-refractivity contribution is -0.158. The molecule has 1 aliphatic rings. The van der Waals surface area contributed by atoms with Gasteiger partial charge in [0.15, 0.2) is 11.4 Å². The van der Waals surface area contributed by atoms with Gasteiger partial charge in [-0.15, -0.1) is 11.8 Å². The summed E-state index contributed by atoms with van der Waals surface area (Å²) < 4.78 is 11.2. The molecule has 6 heteroatoms. The summed E-state index contributed by atoms with van der Waals surface area (Å²) in [4.78, 5) is 26.6. The highest BCUT2D eigenvalue weighted by Gasteiger charge is 2.35. The van der Waals surface area contributed by atoms with Crippen LogP contribution in [0.25, 0.3) is 0 Å². The molecule has 0 aliphatic carbocycles. The molecule has 3 rings (SSSR count). The number of thioether (sulfide) groups is 1. The summed E-state index contributed by atoms with van der Waals surface area (Å²) in [5, 5.41) is 3.41. The zero-order valence-electron chi connectivity index (χ0n) is 20.5. The van der Waals surface area contributed by atoms with E-state index in [1.165, 1.54) is 5.56 Å². The van der Waals surface area contributed by atoms with Crippen LogP contribution >= 0.6 is 11.8 Å². The summed E-state index contributed by atoms with van der Waals surface area (Å²) in [7, 11) is 0. The first-order chi connectivity index (χ1) is 15.7. The minimum atomic E-state index is -1.06. The van der Waals surface area contributed by atoms with Gasteiger partial charge in [0.2, 0.25) is 0 Å². The topological polar surface area (TPSA) is 64.6 Å². The van der Waals surface area contributed by atoms with Crippen LogP contribution in [0, 0.1) is 25.7 Å². The van der Waals surface area contributed by atoms with Crippen LogP contribution in [0.15, 0.2) is 41.3 Å². The van der Waals surface area contributed by atoms with Gasteiger partial charge in [-0.25, -0.2) is 4.79 Å². The van der Waals surface area contributed by atoms with E-state index in [1.54, 1.807) is 32.5 Å². The molecule has 1 unspecified atom stereocenters. The molecule has 1 saturated heterocycles. The summed E-state index contributed by atoms with van der Waals surface area (Å²) in [6.07, 6.45) is 2.85. The number of benzene rings is 2. The zero-order valence-corrected chi connectivity index (χ0v) is 21.3. The van der Waals surface area contributed by atoms with Crippen LogP contribution < -0.4 is 10.1 Å². The monoisotopic (exact) mass is 469 g/mol. The number of esters is 1. The SMILES string of the molecule is CCOC(=O)C(C)(C)Oc1c(C)cc(CC2CNC[C@H]2C(=O)c2ccc(SC)cc2)cc1C. The van der Waals surface area contributed by atoms with Gasteiger partial charge in [-0.2, -0.15) is 0 Å². The molecule has 1 heterocycles. The third-order valence-electron chi connectivity index (χ3n) is 6.19. The van der Waals surface area contributed by atoms with E-state index in [2.05, 4.69) is 17.4 Å². The largest absolute Gasteiger partial charge is 0.476 e. The number of hydrogen-bond donors (Lipinski definition) is 1. The van der Waals surface area contributed by atoms with E-state index in [-0.39, 0.29) is 23.6 Å². The molecule has 1 N–H and O–H groups in total. The molecule has 33 heavy (non-hydrogen) atoms. The van der Waals surface area contributed by atoms with E-state index in [9.17, 15) is 9.59 Å². The fraction of sp³-hybridized carbons (Fsp3) is 0.481. The summed E-state index contributed by atoms with van der Waals surface area (Å²) in [6.45, 7) is 11.1. The molecule has 2 atom stereocenters. The molecule has 2 aromatic rings. The van der Waals surface area contributed by atoms with Crippen molar-refractivity contribution in [1.82, 2.24) is 5.32 Å². The second kappa shape index (κ2) is 10.7. The van der Waals surface area contributed by atoms with E-state index in [1.807, 2.05) is 44.4 Å². The predicted molar refractivity (Wildman–Crippen MR) is 133 cm³/mol. The summed E-state index contributed by atoms with van der Waals surface area (Å²) >= 11 is 1.68. The summed E-state index contributed by atoms with van der Waals surface area (Å²) in [5.41, 5.74) is 2.85. The maximum Gasteiger partial charge on any atom is 0.349 e. The van der Waals surface area contributed by atoms with Gasteiger partial charge < -0.3 is 14.8 Å². The summed E-state index contributed by atoms with van der Waals surface area (Å²) in [6, 6.07) is 12.1. The Morgan fingerprint density at radius 1 is 1.09 bits per heavy atom. The third-order valence-corrected chi connectivity index (χ3v) is 6.94. The lowest BCUT2D eigenvalue weighted by atomic mass is 9.84. The first-order valence-electron chi connectivity index (χ1n) is 11.5. The molecule has 1 aliphatic heterocycles. The molecule has 5 nitrogen and oxygen atoms in total. The Morgan fingerprint density at radius 3 is 2.30 bits per heavy atom. The number of rotatable bonds is 9. The third kappa shape index (κ3) is 5.98. The number of aryl methyl sites for hydroxylation is 2. The van der Waals surface area contributed by atoms with Crippen molar-refractivity contribution in [3.05, 3.63) is 58.7 Å². The van der Waals surface area contributed by atoms with Crippen molar-refractivity contribution in [3.63, 3.8) is 0 Å². The zero-order chi connectivity index (χ0) is 24.2. The number of Topliss-reactive ketones (excluding diaryl/α,β-unsaturated/α-hetero) is 1. The van der Waals surface area contributed by atoms with E-state index in [0.717, 1.165) is 34.6 Å². The lowest BCUT2D eigenvalue weighted by Gasteiger charge is -2.27. The highest BCUT2D eigenvalue weighted by molar-refractivity contribution is 7.98. The van der Waals surface area contributed by atoms with E-state index >= 15 is 0 Å². The number of carbonyl (C=O) groups excluding carboxylic acids is 2. The number of ketones is 1. The number of carbonyl (C=O) groups is 2. The van der Waals surface area contributed by atoms with Crippen LogP contribution in [-0.2, 0) is 16.0 Å². The van der Waals surface area contributed by atoms with Crippen molar-refractivity contribution in [2.45, 2.75) is 51.5 Å². The van der Waals surface area contributed by atoms with Crippen molar-refractivity contribution in [2.75, 3.05) is 26.0 Å². The van der Waals surface area contributed by atoms with Crippen molar-refractivity contribution in [3.8, 4) is 5.75 Å². The average molecular weight is 470 g/mol. The first-order valence-corrected chi connectivity index (χ1v) is 12.7. The van der Waals surface area contributed by atoms with Crippen molar-refractivity contribution < 1.29 is 19.1 Å². The standard InChI is InChI=1S/C27H35NO4S/c1-7-31-26(30)27(4,5)32-25-17(2)12-19(13-18(25)3)14-21-15-28-16-23(21)24(29)20-8-10-22(33-6)11-9-20/h8-13,21,23,28H,7,14-16H2,1-6H3/t21?,23-/m1/s1. The molecule has 0 aromatic heterocycles. The van der Waals surface area contributed by atoms with Gasteiger partial charge in [-0.05, 0) is 88.6 Å². The first kappa shape index (κ1) is 25.3. The fourth-order valence-corrected chi connectivity index (χ4v) is 4.86. The van der Waals surface area contributed by atoms with Gasteiger partial charge in [-0.3, -0.25) is 4.79 Å². The Bertz CT molecular complexity index is 977. The Labute approximate surface area is 201 Å². The Balaban J connectivity index is 1.74. The molecule has 0 spiro atoms. The van der Waals surface area contributed by atoms with Gasteiger partial charge in [0.25, 0.3) is 0 Å². The molecular formula is C27H35NO4S. The van der Waals surface area contributed by atoms with Gasteiger partial charge in [0, 0.05) is 22.9 Å². The molecule has 2 aromatic carbocycles. The summed E-state index contributed by atoms with van der Waals surface area (Å²) in [5.74, 6) is 0.741. The van der Waals surface area contributed by atoms with Gasteiger partial charge in [0.1, 0.15) is 5.75 Å². The molecule has 1 fully saturated rings. The Kier molecular flexibility index (Phi) is 8.24. The highest BCUT2D eigenvalue weighted by Crippen LogP contribution is 2.32. The smallest absolute Gasteiger partial charge is 0.349 e. The van der Waals surface area contributed by atoms with Gasteiger partial charge in [-0.1, -0.05) is 24.3 Å². The van der Waals surface area contributed by atoms with E-state index in [4.69, 9.17) is 9.47 Å². The lowest BCUT2D eigenvalue weighted by Crippen LogP contribution is -2.40. The normalized spacial score (nSPS) is 18.2. The predicted octanol–water partition coefficient (Wildman–Crippen LogP) is 5.01. The maximum atomic E-state index is 13.2. The molecule has 0 amide bonds. The quantitative estimate of drug-likeness (QED) is 0.317. The second-order valence-electron chi connectivity index (χ2n) is 9.21. The minimum Gasteiger partial charge on any atom is -0.476 e. The molecule has 0 saturated carbocycles. The average Bonchev–Trinajstić information content (AvgIpc) is 3.24. The van der Waals surface area contributed by atoms with Crippen LogP contribution in [0.4, 0.5) is 0 Å². The minimum absolute atomic E-state index is 0.0376. The highest BCUT2D eigenvalue weighted by atomic mass is 32.2. The van der Waals surface area contributed by atoms with Crippen molar-refractivity contribution in [2.24, 2.45) is 11.8 Å². The van der Waals surface area contributed by atoms with E-state index in [0.29, 0.717) is 18.9 Å². The van der Waals surface area contributed by atoms with Crippen molar-refractivity contribution >= 4 is 23.5 Å². The van der Waals surface area contributed by atoms with Crippen molar-refractivity contribution in [1.29, 1.82) is 0 Å². The van der Waals surface area contributed by atoms with Crippen LogP contribution in [0.5, 0.6) is 5.75 Å². The number of nitrogens with one attached hydrogen (secondary N) is 1. The Morgan fingerprint density at radius 2 is 1.73 bits per heavy atom. The number of ether oxygens (including phenoxy) is 2. The second-order valence-corrected chi connectivity index (χ2v) is 10.1. The molecular weight excluding hydrogens is 434 g/mol. The van der Waals surface area contributed by atoms with Crippen LogP contribution in [0.3, 0.4) is 0 Å². The van der Waals surface area contributed by atoms with Crippen LogP contribution in [-0.4, -0.2) is 43.3 Å². The van der Waals surface area contributed by atoms with Gasteiger partial charge in [0.05, 0.1) is 6.61 Å².